The maximum Gasteiger partial charge on any atom is 0.303 e. The van der Waals surface area contributed by atoms with Crippen molar-refractivity contribution in [2.45, 2.75) is 101 Å². The molecule has 4 heterocycles. The number of H-pyrrole nitrogens is 2. The number of thioether (sulfide) groups is 2. The molecule has 2 saturated heterocycles. The molecule has 4 N–H and O–H groups in total. The van der Waals surface area contributed by atoms with E-state index in [0.29, 0.717) is 0 Å². The number of hydrogen-bond donors (Lipinski definition) is 4. The number of carbonyl (C=O) groups is 6. The van der Waals surface area contributed by atoms with Crippen LogP contribution in [0.4, 0.5) is 23.0 Å². The molecule has 2 aromatic heterocycles. The maximum atomic E-state index is 13.3. The molecule has 0 amide bonds. The Morgan fingerprint density at radius 1 is 0.583 bits per heavy atom. The second-order valence-corrected chi connectivity index (χ2v) is 14.1. The molecule has 2 fully saturated rings. The predicted molar refractivity (Wildman–Crippen MR) is 210 cm³/mol. The summed E-state index contributed by atoms with van der Waals surface area (Å²) in [5.41, 5.74) is -2.17. The summed E-state index contributed by atoms with van der Waals surface area (Å²) >= 11 is 2.15. The van der Waals surface area contributed by atoms with Crippen molar-refractivity contribution in [1.29, 1.82) is 0 Å². The highest BCUT2D eigenvalue weighted by Gasteiger charge is 2.48. The molecule has 0 aliphatic carbocycles. The van der Waals surface area contributed by atoms with Crippen molar-refractivity contribution >= 4 is 94.8 Å². The number of esters is 6. The SMILES string of the molecule is CSc1nc(NC2OCC(OC(C)=O)C(OC(C)=O)C2OC(C)=O)c(N=CC=Nc2c(NC3OCC(OC(C)=O)C(OC(C)=O)C3OC(C)=O)nc(SC)[nH]c2=O)c(=O)[nH]1. The zero-order chi connectivity index (χ0) is 44.3. The molecule has 24 nitrogen and oxygen atoms in total. The Kier molecular flexibility index (Phi) is 16.7. The summed E-state index contributed by atoms with van der Waals surface area (Å²) in [5, 5.41) is 5.99. The van der Waals surface area contributed by atoms with Crippen molar-refractivity contribution in [3.8, 4) is 0 Å². The second kappa shape index (κ2) is 21.4. The number of nitrogens with one attached hydrogen (secondary N) is 4. The van der Waals surface area contributed by atoms with Crippen LogP contribution in [0.1, 0.15) is 41.5 Å². The quantitative estimate of drug-likeness (QED) is 0.0623. The lowest BCUT2D eigenvalue weighted by molar-refractivity contribution is -0.221. The van der Waals surface area contributed by atoms with Gasteiger partial charge >= 0.3 is 35.8 Å². The molecule has 8 unspecified atom stereocenters. The van der Waals surface area contributed by atoms with E-state index >= 15 is 0 Å². The molecular formula is C34H42N8O16S2. The van der Waals surface area contributed by atoms with Crippen LogP contribution < -0.4 is 21.8 Å². The van der Waals surface area contributed by atoms with Crippen LogP contribution in [0.25, 0.3) is 0 Å². The minimum absolute atomic E-state index is 0.138. The molecule has 2 aliphatic heterocycles. The van der Waals surface area contributed by atoms with Crippen molar-refractivity contribution < 1.29 is 66.7 Å². The summed E-state index contributed by atoms with van der Waals surface area (Å²) < 4.78 is 43.8. The van der Waals surface area contributed by atoms with Gasteiger partial charge in [0.15, 0.2) is 82.4 Å². The number of carbonyl (C=O) groups excluding carboxylic acids is 6. The van der Waals surface area contributed by atoms with Gasteiger partial charge in [-0.3, -0.25) is 48.3 Å². The Labute approximate surface area is 348 Å². The van der Waals surface area contributed by atoms with Gasteiger partial charge < -0.3 is 48.5 Å². The van der Waals surface area contributed by atoms with Crippen LogP contribution in [0.2, 0.25) is 0 Å². The topological polar surface area (TPSA) is 317 Å². The predicted octanol–water partition coefficient (Wildman–Crippen LogP) is 0.528. The average molecular weight is 883 g/mol. The fourth-order valence-electron chi connectivity index (χ4n) is 5.74. The Morgan fingerprint density at radius 3 is 1.20 bits per heavy atom. The van der Waals surface area contributed by atoms with Crippen LogP contribution in [0, 0.1) is 0 Å². The number of rotatable bonds is 15. The number of aliphatic imine (C=N–C) groups is 2. The summed E-state index contributed by atoms with van der Waals surface area (Å²) in [5.74, 6) is -4.96. The number of aromatic amines is 2. The standard InChI is InChI=1S/C34H42N8O16S2/c1-13(43)53-19-11-51-31(25(57-17(5)47)23(19)55-15(3)45)37-27-21(29(49)41-33(39-27)59-7)35-9-10-36-22-28(40-34(60-8)42-30(22)50)38-32-26(58-18(6)48)24(56-16(4)46)20(12-52-32)54-14(2)44/h9-10,19-20,23-26,31-32H,11-12H2,1-8H3,(H2,37,39,41,49)(H2,38,40,42,50). The molecule has 0 aromatic carbocycles. The first-order chi connectivity index (χ1) is 28.4. The fraction of sp³-hybridized carbons (Fsp3) is 0.529. The largest absolute Gasteiger partial charge is 0.456 e. The zero-order valence-corrected chi connectivity index (χ0v) is 35.0. The lowest BCUT2D eigenvalue weighted by Gasteiger charge is -2.40. The average Bonchev–Trinajstić information content (AvgIpc) is 3.14. The summed E-state index contributed by atoms with van der Waals surface area (Å²) in [6.07, 6.45) is -5.11. The molecular weight excluding hydrogens is 841 g/mol. The minimum atomic E-state index is -1.42. The van der Waals surface area contributed by atoms with E-state index in [9.17, 15) is 38.4 Å². The second-order valence-electron chi connectivity index (χ2n) is 12.5. The molecule has 26 heteroatoms. The Bertz CT molecular complexity index is 1980. The first kappa shape index (κ1) is 46.8. The Balaban J connectivity index is 1.69. The molecule has 2 aromatic rings. The third kappa shape index (κ3) is 12.8. The van der Waals surface area contributed by atoms with Gasteiger partial charge in [-0.05, 0) is 12.5 Å². The summed E-state index contributed by atoms with van der Waals surface area (Å²) in [6.45, 7) is 6.03. The maximum absolute atomic E-state index is 13.3. The van der Waals surface area contributed by atoms with Gasteiger partial charge in [-0.25, -0.2) is 20.0 Å². The number of nitrogens with zero attached hydrogens (tertiary/aromatic N) is 4. The number of aromatic nitrogens is 4. The van der Waals surface area contributed by atoms with Crippen LogP contribution in [0.15, 0.2) is 29.9 Å². The van der Waals surface area contributed by atoms with Crippen molar-refractivity contribution in [2.75, 3.05) is 36.4 Å². The van der Waals surface area contributed by atoms with E-state index < -0.39 is 96.0 Å². The van der Waals surface area contributed by atoms with Gasteiger partial charge in [-0.2, -0.15) is 0 Å². The van der Waals surface area contributed by atoms with E-state index in [2.05, 4.69) is 40.6 Å². The number of anilines is 2. The van der Waals surface area contributed by atoms with Crippen molar-refractivity contribution in [3.05, 3.63) is 20.7 Å². The van der Waals surface area contributed by atoms with Gasteiger partial charge in [0, 0.05) is 54.0 Å². The summed E-state index contributed by atoms with van der Waals surface area (Å²) in [4.78, 5) is 121. The Hall–Kier alpha value is -5.86. The van der Waals surface area contributed by atoms with E-state index in [1.165, 1.54) is 0 Å². The molecule has 60 heavy (non-hydrogen) atoms. The summed E-state index contributed by atoms with van der Waals surface area (Å²) in [6, 6.07) is 0. The van der Waals surface area contributed by atoms with Gasteiger partial charge in [0.25, 0.3) is 11.1 Å². The van der Waals surface area contributed by atoms with Gasteiger partial charge in [0.1, 0.15) is 0 Å². The summed E-state index contributed by atoms with van der Waals surface area (Å²) in [7, 11) is 0. The molecule has 0 spiro atoms. The third-order valence-corrected chi connectivity index (χ3v) is 9.03. The monoisotopic (exact) mass is 882 g/mol. The molecule has 0 bridgehead atoms. The van der Waals surface area contributed by atoms with Crippen LogP contribution in [-0.2, 0) is 66.7 Å². The van der Waals surface area contributed by atoms with E-state index in [4.69, 9.17) is 37.9 Å². The smallest absolute Gasteiger partial charge is 0.303 e. The third-order valence-electron chi connectivity index (χ3n) is 7.87. The van der Waals surface area contributed by atoms with Crippen molar-refractivity contribution in [2.24, 2.45) is 9.98 Å². The first-order valence-corrected chi connectivity index (χ1v) is 20.1. The van der Waals surface area contributed by atoms with Crippen molar-refractivity contribution in [3.63, 3.8) is 0 Å². The normalized spacial score (nSPS) is 23.9. The van der Waals surface area contributed by atoms with Gasteiger partial charge in [-0.15, -0.1) is 0 Å². The molecule has 0 saturated carbocycles. The molecule has 2 aliphatic rings. The van der Waals surface area contributed by atoms with Crippen molar-refractivity contribution in [1.82, 2.24) is 19.9 Å². The zero-order valence-electron chi connectivity index (χ0n) is 33.3. The minimum Gasteiger partial charge on any atom is -0.456 e. The molecule has 326 valence electrons. The lowest BCUT2D eigenvalue weighted by Crippen LogP contribution is -2.59. The molecule has 8 atom stereocenters. The highest BCUT2D eigenvalue weighted by Crippen LogP contribution is 2.30. The highest BCUT2D eigenvalue weighted by atomic mass is 32.2. The lowest BCUT2D eigenvalue weighted by atomic mass is 10.0. The van der Waals surface area contributed by atoms with Crippen LogP contribution >= 0.6 is 23.5 Å². The van der Waals surface area contributed by atoms with Crippen LogP contribution in [0.3, 0.4) is 0 Å². The van der Waals surface area contributed by atoms with E-state index in [1.54, 1.807) is 12.5 Å². The van der Waals surface area contributed by atoms with E-state index in [0.717, 1.165) is 77.5 Å². The highest BCUT2D eigenvalue weighted by molar-refractivity contribution is 7.98. The number of ether oxygens (including phenoxy) is 8. The van der Waals surface area contributed by atoms with E-state index in [-0.39, 0.29) is 46.5 Å². The van der Waals surface area contributed by atoms with Gasteiger partial charge in [0.2, 0.25) is 0 Å². The fourth-order valence-corrected chi connectivity index (χ4v) is 6.50. The molecule has 4 rings (SSSR count). The van der Waals surface area contributed by atoms with Crippen LogP contribution in [-0.4, -0.2) is 143 Å². The Morgan fingerprint density at radius 2 is 0.900 bits per heavy atom. The van der Waals surface area contributed by atoms with E-state index in [1.807, 2.05) is 0 Å². The molecule has 0 radical (unpaired) electrons. The number of hydrogen-bond acceptors (Lipinski definition) is 24. The van der Waals surface area contributed by atoms with Crippen LogP contribution in [0.5, 0.6) is 0 Å². The van der Waals surface area contributed by atoms with Gasteiger partial charge in [0.05, 0.1) is 13.2 Å². The van der Waals surface area contributed by atoms with Gasteiger partial charge in [-0.1, -0.05) is 23.5 Å². The first-order valence-electron chi connectivity index (χ1n) is 17.6.